The minimum atomic E-state index is -0.975. The summed E-state index contributed by atoms with van der Waals surface area (Å²) in [5.41, 5.74) is 2.81. The Kier molecular flexibility index (Phi) is 4.96. The summed E-state index contributed by atoms with van der Waals surface area (Å²) in [4.78, 5) is 23.4. The third kappa shape index (κ3) is 4.29. The second-order valence-electron chi connectivity index (χ2n) is 5.62. The maximum Gasteiger partial charge on any atom is 0.309 e. The van der Waals surface area contributed by atoms with Crippen molar-refractivity contribution in [2.75, 3.05) is 11.9 Å². The quantitative estimate of drug-likeness (QED) is 0.874. The number of carbonyl (C=O) groups is 2. The van der Waals surface area contributed by atoms with Crippen molar-refractivity contribution in [3.8, 4) is 0 Å². The van der Waals surface area contributed by atoms with E-state index in [4.69, 9.17) is 4.74 Å². The highest BCUT2D eigenvalue weighted by Gasteiger charge is 2.33. The van der Waals surface area contributed by atoms with Crippen molar-refractivity contribution in [2.45, 2.75) is 39.2 Å². The van der Waals surface area contributed by atoms with E-state index in [1.807, 2.05) is 32.0 Å². The summed E-state index contributed by atoms with van der Waals surface area (Å²) < 4.78 is 5.40. The standard InChI is InChI=1S/C16H21NO4/c1-10-6-11(2)8-12(7-10)17-15(18)9-13(16(19)20)14-4-3-5-21-14/h6-8,13-14H,3-5,9H2,1-2H3,(H,17,18)(H,19,20)/t13-,14-/m0/s1. The van der Waals surface area contributed by atoms with Crippen LogP contribution in [-0.2, 0) is 14.3 Å². The number of benzene rings is 1. The first-order valence-corrected chi connectivity index (χ1v) is 7.18. The molecule has 2 atom stereocenters. The van der Waals surface area contributed by atoms with E-state index in [0.29, 0.717) is 18.7 Å². The van der Waals surface area contributed by atoms with Gasteiger partial charge in [0.05, 0.1) is 12.0 Å². The molecule has 5 heteroatoms. The van der Waals surface area contributed by atoms with Gasteiger partial charge in [-0.1, -0.05) is 6.07 Å². The summed E-state index contributed by atoms with van der Waals surface area (Å²) in [5.74, 6) is -2.04. The predicted octanol–water partition coefficient (Wildman–Crippen LogP) is 2.51. The second kappa shape index (κ2) is 6.72. The molecule has 1 aromatic carbocycles. The van der Waals surface area contributed by atoms with Crippen molar-refractivity contribution in [1.82, 2.24) is 0 Å². The number of anilines is 1. The summed E-state index contributed by atoms with van der Waals surface area (Å²) in [7, 11) is 0. The number of ether oxygens (including phenoxy) is 1. The first kappa shape index (κ1) is 15.5. The SMILES string of the molecule is Cc1cc(C)cc(NC(=O)C[C@H](C(=O)O)[C@@H]2CCCO2)c1. The van der Waals surface area contributed by atoms with Crippen LogP contribution >= 0.6 is 0 Å². The van der Waals surface area contributed by atoms with Gasteiger partial charge in [-0.15, -0.1) is 0 Å². The van der Waals surface area contributed by atoms with Gasteiger partial charge in [0, 0.05) is 18.7 Å². The molecule has 2 N–H and O–H groups in total. The molecule has 0 aliphatic carbocycles. The molecule has 1 fully saturated rings. The van der Waals surface area contributed by atoms with Gasteiger partial charge in [0.25, 0.3) is 0 Å². The van der Waals surface area contributed by atoms with Gasteiger partial charge < -0.3 is 15.2 Å². The number of aliphatic carboxylic acids is 1. The molecule has 1 saturated heterocycles. The van der Waals surface area contributed by atoms with Crippen LogP contribution in [0.25, 0.3) is 0 Å². The Hall–Kier alpha value is -1.88. The number of nitrogens with one attached hydrogen (secondary N) is 1. The number of aryl methyl sites for hydroxylation is 2. The van der Waals surface area contributed by atoms with Crippen LogP contribution < -0.4 is 5.32 Å². The Morgan fingerprint density at radius 1 is 1.33 bits per heavy atom. The molecule has 1 aliphatic heterocycles. The van der Waals surface area contributed by atoms with Crippen LogP contribution in [0.3, 0.4) is 0 Å². The van der Waals surface area contributed by atoms with Crippen molar-refractivity contribution in [1.29, 1.82) is 0 Å². The highest BCUT2D eigenvalue weighted by Crippen LogP contribution is 2.24. The predicted molar refractivity (Wildman–Crippen MR) is 79.3 cm³/mol. The second-order valence-corrected chi connectivity index (χ2v) is 5.62. The van der Waals surface area contributed by atoms with Crippen LogP contribution in [-0.4, -0.2) is 29.7 Å². The lowest BCUT2D eigenvalue weighted by Gasteiger charge is -2.18. The zero-order valence-electron chi connectivity index (χ0n) is 12.4. The summed E-state index contributed by atoms with van der Waals surface area (Å²) in [6, 6.07) is 5.75. The van der Waals surface area contributed by atoms with Crippen molar-refractivity contribution >= 4 is 17.6 Å². The lowest BCUT2D eigenvalue weighted by atomic mass is 9.96. The van der Waals surface area contributed by atoms with Gasteiger partial charge in [0.15, 0.2) is 0 Å². The lowest BCUT2D eigenvalue weighted by molar-refractivity contribution is -0.148. The van der Waals surface area contributed by atoms with Gasteiger partial charge >= 0.3 is 5.97 Å². The van der Waals surface area contributed by atoms with Gasteiger partial charge in [0.2, 0.25) is 5.91 Å². The number of hydrogen-bond donors (Lipinski definition) is 2. The summed E-state index contributed by atoms with van der Waals surface area (Å²) in [5, 5.41) is 12.1. The van der Waals surface area contributed by atoms with E-state index >= 15 is 0 Å². The number of carboxylic acid groups (broad SMARTS) is 1. The molecular formula is C16H21NO4. The molecule has 0 bridgehead atoms. The highest BCUT2D eigenvalue weighted by molar-refractivity contribution is 5.93. The van der Waals surface area contributed by atoms with Crippen LogP contribution in [0, 0.1) is 19.8 Å². The van der Waals surface area contributed by atoms with Gasteiger partial charge in [-0.3, -0.25) is 9.59 Å². The zero-order valence-corrected chi connectivity index (χ0v) is 12.4. The number of amides is 1. The van der Waals surface area contributed by atoms with Crippen LogP contribution in [0.2, 0.25) is 0 Å². The van der Waals surface area contributed by atoms with Crippen LogP contribution in [0.5, 0.6) is 0 Å². The van der Waals surface area contributed by atoms with E-state index in [9.17, 15) is 14.7 Å². The van der Waals surface area contributed by atoms with Crippen molar-refractivity contribution in [3.63, 3.8) is 0 Å². The van der Waals surface area contributed by atoms with Crippen molar-refractivity contribution in [2.24, 2.45) is 5.92 Å². The smallest absolute Gasteiger partial charge is 0.309 e. The van der Waals surface area contributed by atoms with Crippen molar-refractivity contribution in [3.05, 3.63) is 29.3 Å². The highest BCUT2D eigenvalue weighted by atomic mass is 16.5. The first-order chi connectivity index (χ1) is 9.95. The maximum atomic E-state index is 12.1. The minimum absolute atomic E-state index is 0.0625. The minimum Gasteiger partial charge on any atom is -0.481 e. The zero-order chi connectivity index (χ0) is 15.4. The molecule has 5 nitrogen and oxygen atoms in total. The number of carboxylic acids is 1. The fourth-order valence-corrected chi connectivity index (χ4v) is 2.76. The fraction of sp³-hybridized carbons (Fsp3) is 0.500. The average Bonchev–Trinajstić information content (AvgIpc) is 2.87. The molecule has 0 spiro atoms. The Bertz CT molecular complexity index is 515. The van der Waals surface area contributed by atoms with Crippen LogP contribution in [0.4, 0.5) is 5.69 Å². The number of carbonyl (C=O) groups excluding carboxylic acids is 1. The lowest BCUT2D eigenvalue weighted by Crippen LogP contribution is -2.31. The molecule has 1 aromatic rings. The normalized spacial score (nSPS) is 19.2. The molecule has 1 aliphatic rings. The van der Waals surface area contributed by atoms with Gasteiger partial charge in [0.1, 0.15) is 0 Å². The molecule has 0 aromatic heterocycles. The Morgan fingerprint density at radius 2 is 2.00 bits per heavy atom. The van der Waals surface area contributed by atoms with E-state index in [2.05, 4.69) is 5.32 Å². The van der Waals surface area contributed by atoms with Gasteiger partial charge in [-0.25, -0.2) is 0 Å². The topological polar surface area (TPSA) is 75.6 Å². The summed E-state index contributed by atoms with van der Waals surface area (Å²) in [6.07, 6.45) is 1.14. The van der Waals surface area contributed by atoms with Gasteiger partial charge in [-0.2, -0.15) is 0 Å². The fourth-order valence-electron chi connectivity index (χ4n) is 2.76. The van der Waals surface area contributed by atoms with E-state index in [0.717, 1.165) is 17.5 Å². The van der Waals surface area contributed by atoms with Gasteiger partial charge in [-0.05, 0) is 49.9 Å². The first-order valence-electron chi connectivity index (χ1n) is 7.18. The molecule has 1 heterocycles. The summed E-state index contributed by atoms with van der Waals surface area (Å²) in [6.45, 7) is 4.48. The molecular weight excluding hydrogens is 270 g/mol. The Morgan fingerprint density at radius 3 is 2.52 bits per heavy atom. The Balaban J connectivity index is 2.00. The Labute approximate surface area is 124 Å². The van der Waals surface area contributed by atoms with E-state index in [1.54, 1.807) is 0 Å². The van der Waals surface area contributed by atoms with E-state index < -0.39 is 11.9 Å². The molecule has 0 saturated carbocycles. The number of hydrogen-bond acceptors (Lipinski definition) is 3. The molecule has 0 radical (unpaired) electrons. The largest absolute Gasteiger partial charge is 0.481 e. The van der Waals surface area contributed by atoms with Crippen LogP contribution in [0.1, 0.15) is 30.4 Å². The molecule has 2 rings (SSSR count). The maximum absolute atomic E-state index is 12.1. The van der Waals surface area contributed by atoms with Crippen molar-refractivity contribution < 1.29 is 19.4 Å². The number of rotatable bonds is 5. The van der Waals surface area contributed by atoms with E-state index in [-0.39, 0.29) is 18.4 Å². The average molecular weight is 291 g/mol. The monoisotopic (exact) mass is 291 g/mol. The third-order valence-corrected chi connectivity index (χ3v) is 3.64. The molecule has 21 heavy (non-hydrogen) atoms. The molecule has 1 amide bonds. The molecule has 114 valence electrons. The van der Waals surface area contributed by atoms with E-state index in [1.165, 1.54) is 0 Å². The third-order valence-electron chi connectivity index (χ3n) is 3.64. The summed E-state index contributed by atoms with van der Waals surface area (Å²) >= 11 is 0. The van der Waals surface area contributed by atoms with Crippen LogP contribution in [0.15, 0.2) is 18.2 Å². The molecule has 0 unspecified atom stereocenters.